The predicted molar refractivity (Wildman–Crippen MR) is 66.4 cm³/mol. The maximum Gasteiger partial charge on any atom is 0.248 e. The molecule has 1 fully saturated rings. The fourth-order valence-corrected chi connectivity index (χ4v) is 3.59. The Morgan fingerprint density at radius 2 is 2.11 bits per heavy atom. The van der Waals surface area contributed by atoms with Crippen LogP contribution < -0.4 is 5.73 Å². The smallest absolute Gasteiger partial charge is 0.248 e. The van der Waals surface area contributed by atoms with Crippen molar-refractivity contribution in [3.63, 3.8) is 0 Å². The highest BCUT2D eigenvalue weighted by molar-refractivity contribution is 7.89. The molecule has 1 saturated heterocycles. The maximum atomic E-state index is 12.4. The van der Waals surface area contributed by atoms with Gasteiger partial charge in [0, 0.05) is 39.5 Å². The number of nitrogens with zero attached hydrogens (tertiary/aromatic N) is 3. The van der Waals surface area contributed by atoms with E-state index in [1.807, 2.05) is 0 Å². The van der Waals surface area contributed by atoms with Crippen LogP contribution in [-0.2, 0) is 21.8 Å². The molecular formula is C10H18N4O3S. The summed E-state index contributed by atoms with van der Waals surface area (Å²) in [4.78, 5) is 0.0685. The zero-order chi connectivity index (χ0) is 13.3. The third-order valence-corrected chi connectivity index (χ3v) is 5.11. The lowest BCUT2D eigenvalue weighted by Crippen LogP contribution is -2.40. The van der Waals surface area contributed by atoms with Gasteiger partial charge in [-0.1, -0.05) is 0 Å². The third kappa shape index (κ3) is 2.36. The molecule has 0 saturated carbocycles. The van der Waals surface area contributed by atoms with Crippen LogP contribution in [0.15, 0.2) is 11.1 Å². The van der Waals surface area contributed by atoms with Gasteiger partial charge in [0.05, 0.1) is 0 Å². The van der Waals surface area contributed by atoms with Crippen LogP contribution in [-0.4, -0.2) is 48.8 Å². The van der Waals surface area contributed by atoms with Gasteiger partial charge in [0.2, 0.25) is 10.0 Å². The van der Waals surface area contributed by atoms with Crippen LogP contribution in [0.2, 0.25) is 0 Å². The van der Waals surface area contributed by atoms with Crippen molar-refractivity contribution in [3.8, 4) is 0 Å². The van der Waals surface area contributed by atoms with Gasteiger partial charge < -0.3 is 10.5 Å². The van der Waals surface area contributed by atoms with Crippen molar-refractivity contribution in [3.05, 3.63) is 6.20 Å². The van der Waals surface area contributed by atoms with Crippen molar-refractivity contribution in [1.29, 1.82) is 0 Å². The van der Waals surface area contributed by atoms with Crippen molar-refractivity contribution in [2.24, 2.45) is 7.05 Å². The number of anilines is 1. The molecule has 8 heteroatoms. The number of nitrogen functional groups attached to an aromatic ring is 1. The molecule has 0 radical (unpaired) electrons. The second-order valence-corrected chi connectivity index (χ2v) is 6.38. The molecule has 18 heavy (non-hydrogen) atoms. The van der Waals surface area contributed by atoms with Gasteiger partial charge in [0.25, 0.3) is 0 Å². The first-order valence-corrected chi connectivity index (χ1v) is 7.22. The van der Waals surface area contributed by atoms with E-state index in [4.69, 9.17) is 10.5 Å². The zero-order valence-electron chi connectivity index (χ0n) is 10.5. The van der Waals surface area contributed by atoms with Crippen LogP contribution in [0.5, 0.6) is 0 Å². The molecule has 2 heterocycles. The minimum absolute atomic E-state index is 0.0383. The number of ether oxygens (including phenoxy) is 1. The summed E-state index contributed by atoms with van der Waals surface area (Å²) in [6, 6.07) is -0.0386. The Labute approximate surface area is 107 Å². The Hall–Kier alpha value is -1.12. The number of hydrogen-bond donors (Lipinski definition) is 1. The van der Waals surface area contributed by atoms with Crippen LogP contribution in [0, 0.1) is 0 Å². The van der Waals surface area contributed by atoms with E-state index in [1.165, 1.54) is 15.2 Å². The maximum absolute atomic E-state index is 12.4. The highest BCUT2D eigenvalue weighted by Crippen LogP contribution is 2.24. The number of rotatable bonds is 3. The average molecular weight is 274 g/mol. The third-order valence-electron chi connectivity index (χ3n) is 3.18. The van der Waals surface area contributed by atoms with Crippen molar-refractivity contribution < 1.29 is 13.2 Å². The number of sulfonamides is 1. The lowest BCUT2D eigenvalue weighted by atomic mass is 10.1. The summed E-state index contributed by atoms with van der Waals surface area (Å²) in [5, 5.41) is 3.87. The number of aromatic nitrogens is 2. The summed E-state index contributed by atoms with van der Waals surface area (Å²) in [6.07, 6.45) is 2.84. The largest absolute Gasteiger partial charge is 0.381 e. The molecule has 1 aliphatic rings. The Bertz CT molecular complexity index is 519. The minimum Gasteiger partial charge on any atom is -0.381 e. The topological polar surface area (TPSA) is 90.5 Å². The van der Waals surface area contributed by atoms with Crippen molar-refractivity contribution in [2.75, 3.05) is 26.0 Å². The molecule has 7 nitrogen and oxygen atoms in total. The highest BCUT2D eigenvalue weighted by atomic mass is 32.2. The molecule has 2 rings (SSSR count). The first-order chi connectivity index (χ1) is 8.43. The second kappa shape index (κ2) is 4.87. The molecule has 0 spiro atoms. The molecule has 0 aliphatic carbocycles. The van der Waals surface area contributed by atoms with E-state index in [9.17, 15) is 8.42 Å². The number of hydrogen-bond acceptors (Lipinski definition) is 5. The Morgan fingerprint density at radius 1 is 1.50 bits per heavy atom. The standard InChI is InChI=1S/C10H18N4O3S/c1-13-7-9(10(11)12-13)18(15,16)14(2)8-3-5-17-6-4-8/h7-8H,3-6H2,1-2H3,(H2,11,12). The molecule has 0 amide bonds. The molecule has 0 unspecified atom stereocenters. The fraction of sp³-hybridized carbons (Fsp3) is 0.700. The lowest BCUT2D eigenvalue weighted by Gasteiger charge is -2.30. The molecule has 2 N–H and O–H groups in total. The van der Waals surface area contributed by atoms with E-state index < -0.39 is 10.0 Å². The number of nitrogens with two attached hydrogens (primary N) is 1. The molecule has 1 aromatic heterocycles. The van der Waals surface area contributed by atoms with E-state index in [1.54, 1.807) is 14.1 Å². The van der Waals surface area contributed by atoms with Gasteiger partial charge in [-0.05, 0) is 12.8 Å². The van der Waals surface area contributed by atoms with Gasteiger partial charge in [0.1, 0.15) is 4.90 Å². The summed E-state index contributed by atoms with van der Waals surface area (Å²) in [5.74, 6) is 0.0383. The Balaban J connectivity index is 2.27. The molecule has 102 valence electrons. The monoisotopic (exact) mass is 274 g/mol. The van der Waals surface area contributed by atoms with Gasteiger partial charge in [-0.3, -0.25) is 4.68 Å². The fourth-order valence-electron chi connectivity index (χ4n) is 2.08. The lowest BCUT2D eigenvalue weighted by molar-refractivity contribution is 0.0632. The highest BCUT2D eigenvalue weighted by Gasteiger charge is 2.31. The van der Waals surface area contributed by atoms with Gasteiger partial charge >= 0.3 is 0 Å². The first-order valence-electron chi connectivity index (χ1n) is 5.78. The van der Waals surface area contributed by atoms with Crippen LogP contribution in [0.25, 0.3) is 0 Å². The van der Waals surface area contributed by atoms with E-state index in [2.05, 4.69) is 5.10 Å². The van der Waals surface area contributed by atoms with Crippen molar-refractivity contribution in [2.45, 2.75) is 23.8 Å². The van der Waals surface area contributed by atoms with Gasteiger partial charge in [-0.25, -0.2) is 8.42 Å². The van der Waals surface area contributed by atoms with Gasteiger partial charge in [-0.15, -0.1) is 0 Å². The van der Waals surface area contributed by atoms with Crippen LogP contribution >= 0.6 is 0 Å². The van der Waals surface area contributed by atoms with E-state index in [0.29, 0.717) is 26.1 Å². The Morgan fingerprint density at radius 3 is 2.61 bits per heavy atom. The van der Waals surface area contributed by atoms with Gasteiger partial charge in [0.15, 0.2) is 5.82 Å². The van der Waals surface area contributed by atoms with Crippen molar-refractivity contribution in [1.82, 2.24) is 14.1 Å². The van der Waals surface area contributed by atoms with E-state index >= 15 is 0 Å². The minimum atomic E-state index is -3.58. The summed E-state index contributed by atoms with van der Waals surface area (Å²) < 4.78 is 32.8. The summed E-state index contributed by atoms with van der Waals surface area (Å²) in [7, 11) is -0.355. The van der Waals surface area contributed by atoms with Crippen LogP contribution in [0.4, 0.5) is 5.82 Å². The molecule has 0 atom stereocenters. The average Bonchev–Trinajstić information content (AvgIpc) is 2.69. The van der Waals surface area contributed by atoms with E-state index in [0.717, 1.165) is 0 Å². The quantitative estimate of drug-likeness (QED) is 0.824. The molecular weight excluding hydrogens is 256 g/mol. The zero-order valence-corrected chi connectivity index (χ0v) is 11.4. The molecule has 1 aromatic rings. The predicted octanol–water partition coefficient (Wildman–Crippen LogP) is -0.198. The van der Waals surface area contributed by atoms with Crippen LogP contribution in [0.3, 0.4) is 0 Å². The summed E-state index contributed by atoms with van der Waals surface area (Å²) in [5.41, 5.74) is 5.63. The number of aryl methyl sites for hydroxylation is 1. The van der Waals surface area contributed by atoms with Crippen molar-refractivity contribution >= 4 is 15.8 Å². The van der Waals surface area contributed by atoms with Gasteiger partial charge in [-0.2, -0.15) is 9.40 Å². The molecule has 1 aliphatic heterocycles. The van der Waals surface area contributed by atoms with E-state index in [-0.39, 0.29) is 16.8 Å². The molecule has 0 aromatic carbocycles. The summed E-state index contributed by atoms with van der Waals surface area (Å²) >= 11 is 0. The Kier molecular flexibility index (Phi) is 3.60. The normalized spacial score (nSPS) is 18.4. The summed E-state index contributed by atoms with van der Waals surface area (Å²) in [6.45, 7) is 1.18. The first kappa shape index (κ1) is 13.3. The SMILES string of the molecule is CN(C1CCOCC1)S(=O)(=O)c1cn(C)nc1N. The second-order valence-electron chi connectivity index (χ2n) is 4.42. The van der Waals surface area contributed by atoms with Crippen LogP contribution in [0.1, 0.15) is 12.8 Å². The molecule has 0 bridgehead atoms.